The first-order valence-electron chi connectivity index (χ1n) is 4.58. The SMILES string of the molecule is CC(C(=O)O)N(C)C(=O)c1ccc([N+](=O)[O-])o1. The molecule has 17 heavy (non-hydrogen) atoms. The zero-order valence-electron chi connectivity index (χ0n) is 9.11. The number of aliphatic carboxylic acids is 1. The molecule has 1 aromatic rings. The average molecular weight is 242 g/mol. The van der Waals surface area contributed by atoms with Gasteiger partial charge >= 0.3 is 11.9 Å². The molecule has 0 bridgehead atoms. The summed E-state index contributed by atoms with van der Waals surface area (Å²) in [6.07, 6.45) is 0. The minimum atomic E-state index is -1.18. The highest BCUT2D eigenvalue weighted by Gasteiger charge is 2.26. The molecule has 92 valence electrons. The molecule has 0 saturated heterocycles. The van der Waals surface area contributed by atoms with Crippen LogP contribution in [0.2, 0.25) is 0 Å². The fraction of sp³-hybridized carbons (Fsp3) is 0.333. The van der Waals surface area contributed by atoms with Crippen LogP contribution in [0.25, 0.3) is 0 Å². The Labute approximate surface area is 95.6 Å². The number of furan rings is 1. The van der Waals surface area contributed by atoms with E-state index in [-0.39, 0.29) is 5.76 Å². The zero-order chi connectivity index (χ0) is 13.2. The number of nitrogens with zero attached hydrogens (tertiary/aromatic N) is 2. The lowest BCUT2D eigenvalue weighted by Gasteiger charge is -2.19. The summed E-state index contributed by atoms with van der Waals surface area (Å²) >= 11 is 0. The van der Waals surface area contributed by atoms with Crippen LogP contribution in [0.15, 0.2) is 16.5 Å². The Morgan fingerprint density at radius 1 is 1.53 bits per heavy atom. The van der Waals surface area contributed by atoms with Crippen molar-refractivity contribution in [2.45, 2.75) is 13.0 Å². The van der Waals surface area contributed by atoms with Crippen LogP contribution in [0.5, 0.6) is 0 Å². The number of rotatable bonds is 4. The number of carbonyl (C=O) groups excluding carboxylic acids is 1. The van der Waals surface area contributed by atoms with Crippen LogP contribution < -0.4 is 0 Å². The first-order valence-corrected chi connectivity index (χ1v) is 4.58. The molecule has 1 atom stereocenters. The van der Waals surface area contributed by atoms with E-state index in [1.165, 1.54) is 14.0 Å². The zero-order valence-corrected chi connectivity index (χ0v) is 9.11. The maximum atomic E-state index is 11.7. The number of hydrogen-bond acceptors (Lipinski definition) is 5. The summed E-state index contributed by atoms with van der Waals surface area (Å²) in [5, 5.41) is 19.1. The summed E-state index contributed by atoms with van der Waals surface area (Å²) in [6.45, 7) is 1.32. The third-order valence-electron chi connectivity index (χ3n) is 2.24. The standard InChI is InChI=1S/C9H10N2O6/c1-5(9(13)14)10(2)8(12)6-3-4-7(17-6)11(15)16/h3-5H,1-2H3,(H,13,14). The summed E-state index contributed by atoms with van der Waals surface area (Å²) in [5.74, 6) is -2.74. The molecule has 8 heteroatoms. The number of likely N-dealkylation sites (N-methyl/N-ethyl adjacent to an activating group) is 1. The van der Waals surface area contributed by atoms with Crippen LogP contribution in [0.4, 0.5) is 5.88 Å². The third-order valence-corrected chi connectivity index (χ3v) is 2.24. The molecule has 1 amide bonds. The third kappa shape index (κ3) is 2.60. The fourth-order valence-electron chi connectivity index (χ4n) is 1.06. The molecule has 0 aromatic carbocycles. The predicted octanol–water partition coefficient (Wildman–Crippen LogP) is 0.733. The molecule has 8 nitrogen and oxygen atoms in total. The van der Waals surface area contributed by atoms with Crippen LogP contribution in [-0.2, 0) is 4.79 Å². The van der Waals surface area contributed by atoms with E-state index in [0.717, 1.165) is 17.0 Å². The summed E-state index contributed by atoms with van der Waals surface area (Å²) in [6, 6.07) is 1.12. The second-order valence-electron chi connectivity index (χ2n) is 3.33. The van der Waals surface area contributed by atoms with Gasteiger partial charge in [-0.3, -0.25) is 14.9 Å². The Morgan fingerprint density at radius 3 is 2.53 bits per heavy atom. The van der Waals surface area contributed by atoms with E-state index in [4.69, 9.17) is 5.11 Å². The Morgan fingerprint density at radius 2 is 2.12 bits per heavy atom. The van der Waals surface area contributed by atoms with Gasteiger partial charge in [0.15, 0.2) is 5.76 Å². The molecule has 0 aliphatic rings. The lowest BCUT2D eigenvalue weighted by atomic mass is 10.3. The van der Waals surface area contributed by atoms with E-state index in [0.29, 0.717) is 0 Å². The highest BCUT2D eigenvalue weighted by Crippen LogP contribution is 2.17. The monoisotopic (exact) mass is 242 g/mol. The minimum Gasteiger partial charge on any atom is -0.480 e. The van der Waals surface area contributed by atoms with E-state index in [1.807, 2.05) is 0 Å². The van der Waals surface area contributed by atoms with Crippen molar-refractivity contribution in [1.29, 1.82) is 0 Å². The van der Waals surface area contributed by atoms with Gasteiger partial charge in [0.2, 0.25) is 0 Å². The summed E-state index contributed by atoms with van der Waals surface area (Å²) in [5.41, 5.74) is 0. The highest BCUT2D eigenvalue weighted by molar-refractivity contribution is 5.94. The van der Waals surface area contributed by atoms with E-state index < -0.39 is 28.7 Å². The van der Waals surface area contributed by atoms with Crippen molar-refractivity contribution in [1.82, 2.24) is 4.90 Å². The summed E-state index contributed by atoms with van der Waals surface area (Å²) in [4.78, 5) is 32.8. The molecule has 1 rings (SSSR count). The van der Waals surface area contributed by atoms with Crippen molar-refractivity contribution in [3.05, 3.63) is 28.0 Å². The van der Waals surface area contributed by atoms with Gasteiger partial charge in [-0.2, -0.15) is 0 Å². The number of carboxylic acids is 1. The van der Waals surface area contributed by atoms with Crippen molar-refractivity contribution < 1.29 is 24.0 Å². The number of carboxylic acid groups (broad SMARTS) is 1. The number of hydrogen-bond donors (Lipinski definition) is 1. The van der Waals surface area contributed by atoms with E-state index in [1.54, 1.807) is 0 Å². The average Bonchev–Trinajstić information content (AvgIpc) is 2.75. The second-order valence-corrected chi connectivity index (χ2v) is 3.33. The Bertz CT molecular complexity index is 466. The molecule has 1 N–H and O–H groups in total. The van der Waals surface area contributed by atoms with E-state index in [9.17, 15) is 19.7 Å². The number of carbonyl (C=O) groups is 2. The molecular formula is C9H10N2O6. The van der Waals surface area contributed by atoms with Gasteiger partial charge in [0.25, 0.3) is 5.91 Å². The Balaban J connectivity index is 2.89. The molecule has 0 saturated carbocycles. The van der Waals surface area contributed by atoms with E-state index in [2.05, 4.69) is 4.42 Å². The van der Waals surface area contributed by atoms with Crippen molar-refractivity contribution >= 4 is 17.8 Å². The Hall–Kier alpha value is -2.38. The van der Waals surface area contributed by atoms with E-state index >= 15 is 0 Å². The van der Waals surface area contributed by atoms with Gasteiger partial charge in [0, 0.05) is 7.05 Å². The fourth-order valence-corrected chi connectivity index (χ4v) is 1.06. The van der Waals surface area contributed by atoms with Gasteiger partial charge in [0.05, 0.1) is 6.07 Å². The van der Waals surface area contributed by atoms with Gasteiger partial charge in [-0.25, -0.2) is 4.79 Å². The lowest BCUT2D eigenvalue weighted by Crippen LogP contribution is -2.40. The van der Waals surface area contributed by atoms with Gasteiger partial charge < -0.3 is 14.4 Å². The van der Waals surface area contributed by atoms with Crippen molar-refractivity contribution in [2.24, 2.45) is 0 Å². The normalized spacial score (nSPS) is 11.9. The van der Waals surface area contributed by atoms with Crippen LogP contribution in [0.3, 0.4) is 0 Å². The maximum Gasteiger partial charge on any atom is 0.433 e. The van der Waals surface area contributed by atoms with Gasteiger partial charge in [-0.15, -0.1) is 0 Å². The molecule has 0 radical (unpaired) electrons. The molecule has 0 aliphatic carbocycles. The first kappa shape index (κ1) is 12.7. The largest absolute Gasteiger partial charge is 0.480 e. The van der Waals surface area contributed by atoms with Gasteiger partial charge in [-0.1, -0.05) is 0 Å². The molecule has 1 aromatic heterocycles. The molecule has 1 heterocycles. The molecule has 0 spiro atoms. The van der Waals surface area contributed by atoms with Gasteiger partial charge in [0.1, 0.15) is 11.0 Å². The van der Waals surface area contributed by atoms with Crippen molar-refractivity contribution in [2.75, 3.05) is 7.05 Å². The predicted molar refractivity (Wildman–Crippen MR) is 54.6 cm³/mol. The Kier molecular flexibility index (Phi) is 3.46. The maximum absolute atomic E-state index is 11.7. The van der Waals surface area contributed by atoms with Gasteiger partial charge in [-0.05, 0) is 13.0 Å². The van der Waals surface area contributed by atoms with Crippen molar-refractivity contribution in [3.8, 4) is 0 Å². The second kappa shape index (κ2) is 4.64. The summed E-state index contributed by atoms with van der Waals surface area (Å²) < 4.78 is 4.67. The molecule has 1 unspecified atom stereocenters. The summed E-state index contributed by atoms with van der Waals surface area (Å²) in [7, 11) is 1.27. The van der Waals surface area contributed by atoms with Crippen LogP contribution in [0, 0.1) is 10.1 Å². The lowest BCUT2D eigenvalue weighted by molar-refractivity contribution is -0.402. The quantitative estimate of drug-likeness (QED) is 0.615. The smallest absolute Gasteiger partial charge is 0.433 e. The topological polar surface area (TPSA) is 114 Å². The molecule has 0 fully saturated rings. The number of nitro groups is 1. The first-order chi connectivity index (χ1) is 7.84. The molecule has 0 aliphatic heterocycles. The number of amides is 1. The van der Waals surface area contributed by atoms with Crippen LogP contribution in [-0.4, -0.2) is 39.9 Å². The molecular weight excluding hydrogens is 232 g/mol. The van der Waals surface area contributed by atoms with Crippen molar-refractivity contribution in [3.63, 3.8) is 0 Å². The van der Waals surface area contributed by atoms with Crippen LogP contribution in [0.1, 0.15) is 17.5 Å². The minimum absolute atomic E-state index is 0.271. The van der Waals surface area contributed by atoms with Crippen LogP contribution >= 0.6 is 0 Å². The highest BCUT2D eigenvalue weighted by atomic mass is 16.6.